The number of anilines is 2. The van der Waals surface area contributed by atoms with Crippen molar-refractivity contribution in [3.63, 3.8) is 0 Å². The van der Waals surface area contributed by atoms with Crippen LogP contribution in [0.5, 0.6) is 0 Å². The standard InChI is InChI=1S/C28H33FN4O3/c1-5-28(2,30-27(35)36)13-10-19-6-8-23-20(16-19)11-15-33(26(23)34)21-7-9-25(24(29)17-21)32-14-12-22(18-32)31(3)4/h6-9,16-17,22,30H,5,11-12,14-15,18H2,1-4H3,(H,35,36)/t22-,28?/m1/s1. The van der Waals surface area contributed by atoms with E-state index in [2.05, 4.69) is 27.0 Å². The zero-order valence-corrected chi connectivity index (χ0v) is 21.3. The second-order valence-corrected chi connectivity index (χ2v) is 9.93. The van der Waals surface area contributed by atoms with Crippen LogP contribution in [0.15, 0.2) is 36.4 Å². The lowest BCUT2D eigenvalue weighted by Gasteiger charge is -2.29. The molecule has 2 aliphatic rings. The highest BCUT2D eigenvalue weighted by molar-refractivity contribution is 6.08. The third-order valence-electron chi connectivity index (χ3n) is 7.24. The number of carbonyl (C=O) groups excluding carboxylic acids is 1. The molecule has 0 spiro atoms. The first-order valence-electron chi connectivity index (χ1n) is 12.3. The topological polar surface area (TPSA) is 76.1 Å². The fourth-order valence-electron chi connectivity index (χ4n) is 4.77. The van der Waals surface area contributed by atoms with E-state index >= 15 is 4.39 Å². The van der Waals surface area contributed by atoms with Gasteiger partial charge in [-0.05, 0) is 82.2 Å². The Labute approximate surface area is 211 Å². The molecule has 8 heteroatoms. The summed E-state index contributed by atoms with van der Waals surface area (Å²) in [4.78, 5) is 30.2. The van der Waals surface area contributed by atoms with Gasteiger partial charge in [0, 0.05) is 42.5 Å². The van der Waals surface area contributed by atoms with Crippen molar-refractivity contribution in [1.82, 2.24) is 10.2 Å². The number of halogens is 1. The van der Waals surface area contributed by atoms with Gasteiger partial charge in [-0.15, -0.1) is 0 Å². The van der Waals surface area contributed by atoms with Gasteiger partial charge in [-0.25, -0.2) is 9.18 Å². The minimum Gasteiger partial charge on any atom is -0.465 e. The maximum Gasteiger partial charge on any atom is 0.405 e. The minimum absolute atomic E-state index is 0.164. The first-order chi connectivity index (χ1) is 17.1. The zero-order valence-electron chi connectivity index (χ0n) is 21.3. The van der Waals surface area contributed by atoms with Crippen LogP contribution in [0, 0.1) is 17.7 Å². The van der Waals surface area contributed by atoms with Crippen molar-refractivity contribution < 1.29 is 19.1 Å². The first-order valence-corrected chi connectivity index (χ1v) is 12.3. The van der Waals surface area contributed by atoms with Gasteiger partial charge < -0.3 is 25.1 Å². The largest absolute Gasteiger partial charge is 0.465 e. The lowest BCUT2D eigenvalue weighted by molar-refractivity contribution is 0.0980. The molecule has 0 saturated carbocycles. The first kappa shape index (κ1) is 25.5. The van der Waals surface area contributed by atoms with Crippen molar-refractivity contribution in [3.8, 4) is 11.8 Å². The number of carbonyl (C=O) groups is 2. The third-order valence-corrected chi connectivity index (χ3v) is 7.24. The SMILES string of the molecule is CCC(C)(C#Cc1ccc2c(c1)CCN(c1ccc(N3CC[C@@H](N(C)C)C3)c(F)c1)C2=O)NC(=O)O. The van der Waals surface area contributed by atoms with Crippen LogP contribution >= 0.6 is 0 Å². The van der Waals surface area contributed by atoms with E-state index in [1.165, 1.54) is 6.07 Å². The number of likely N-dealkylation sites (N-methyl/N-ethyl adjacent to an activating group) is 1. The molecule has 0 aromatic heterocycles. The van der Waals surface area contributed by atoms with Crippen molar-refractivity contribution in [1.29, 1.82) is 0 Å². The smallest absolute Gasteiger partial charge is 0.405 e. The van der Waals surface area contributed by atoms with Crippen LogP contribution in [0.1, 0.15) is 48.2 Å². The maximum atomic E-state index is 15.1. The molecule has 1 unspecified atom stereocenters. The zero-order chi connectivity index (χ0) is 26.0. The molecule has 0 aliphatic carbocycles. The molecule has 2 heterocycles. The van der Waals surface area contributed by atoms with Crippen LogP contribution in [0.4, 0.5) is 20.6 Å². The van der Waals surface area contributed by atoms with E-state index < -0.39 is 11.6 Å². The normalized spacial score (nSPS) is 18.9. The predicted molar refractivity (Wildman–Crippen MR) is 139 cm³/mol. The van der Waals surface area contributed by atoms with E-state index in [1.54, 1.807) is 30.0 Å². The third kappa shape index (κ3) is 5.31. The summed E-state index contributed by atoms with van der Waals surface area (Å²) in [5.74, 6) is 5.57. The van der Waals surface area contributed by atoms with Crippen molar-refractivity contribution in [3.05, 3.63) is 58.9 Å². The quantitative estimate of drug-likeness (QED) is 0.618. The molecule has 190 valence electrons. The fraction of sp³-hybridized carbons (Fsp3) is 0.429. The van der Waals surface area contributed by atoms with Gasteiger partial charge in [0.05, 0.1) is 5.69 Å². The second kappa shape index (κ2) is 10.2. The highest BCUT2D eigenvalue weighted by Gasteiger charge is 2.29. The number of benzene rings is 2. The monoisotopic (exact) mass is 492 g/mol. The van der Waals surface area contributed by atoms with Crippen molar-refractivity contribution in [2.75, 3.05) is 43.5 Å². The van der Waals surface area contributed by atoms with Crippen LogP contribution < -0.4 is 15.1 Å². The van der Waals surface area contributed by atoms with Gasteiger partial charge in [-0.2, -0.15) is 0 Å². The molecular formula is C28H33FN4O3. The molecule has 1 fully saturated rings. The van der Waals surface area contributed by atoms with E-state index in [1.807, 2.05) is 33.2 Å². The number of fused-ring (bicyclic) bond motifs is 1. The molecule has 0 radical (unpaired) electrons. The molecular weight excluding hydrogens is 459 g/mol. The van der Waals surface area contributed by atoms with E-state index in [4.69, 9.17) is 5.11 Å². The Morgan fingerprint density at radius 3 is 2.67 bits per heavy atom. The Hall–Kier alpha value is -3.57. The molecule has 4 rings (SSSR count). The number of hydrogen-bond donors (Lipinski definition) is 2. The average molecular weight is 493 g/mol. The maximum absolute atomic E-state index is 15.1. The molecule has 2 N–H and O–H groups in total. The molecule has 1 saturated heterocycles. The summed E-state index contributed by atoms with van der Waals surface area (Å²) in [6.45, 7) is 5.65. The van der Waals surface area contributed by atoms with Gasteiger partial charge in [-0.3, -0.25) is 4.79 Å². The molecule has 36 heavy (non-hydrogen) atoms. The number of amides is 2. The molecule has 2 aliphatic heterocycles. The predicted octanol–water partition coefficient (Wildman–Crippen LogP) is 3.96. The summed E-state index contributed by atoms with van der Waals surface area (Å²) >= 11 is 0. The molecule has 0 bridgehead atoms. The Morgan fingerprint density at radius 1 is 1.25 bits per heavy atom. The second-order valence-electron chi connectivity index (χ2n) is 9.93. The van der Waals surface area contributed by atoms with Gasteiger partial charge in [0.2, 0.25) is 0 Å². The van der Waals surface area contributed by atoms with E-state index in [0.29, 0.717) is 42.4 Å². The Bertz CT molecular complexity index is 1240. The molecule has 2 amide bonds. The van der Waals surface area contributed by atoms with Crippen molar-refractivity contribution >= 4 is 23.4 Å². The highest BCUT2D eigenvalue weighted by atomic mass is 19.1. The van der Waals surface area contributed by atoms with Gasteiger partial charge in [0.1, 0.15) is 11.4 Å². The van der Waals surface area contributed by atoms with Gasteiger partial charge in [0.25, 0.3) is 5.91 Å². The summed E-state index contributed by atoms with van der Waals surface area (Å²) in [5.41, 5.74) is 2.46. The van der Waals surface area contributed by atoms with Gasteiger partial charge >= 0.3 is 6.09 Å². The van der Waals surface area contributed by atoms with Crippen LogP contribution in [-0.2, 0) is 6.42 Å². The minimum atomic E-state index is -1.12. The van der Waals surface area contributed by atoms with Crippen LogP contribution in [-0.4, -0.2) is 67.3 Å². The van der Waals surface area contributed by atoms with Crippen LogP contribution in [0.3, 0.4) is 0 Å². The lowest BCUT2D eigenvalue weighted by atomic mass is 9.95. The Morgan fingerprint density at radius 2 is 2.03 bits per heavy atom. The molecule has 2 aromatic carbocycles. The summed E-state index contributed by atoms with van der Waals surface area (Å²) in [6, 6.07) is 10.9. The lowest BCUT2D eigenvalue weighted by Crippen LogP contribution is -2.43. The number of nitrogens with zero attached hydrogens (tertiary/aromatic N) is 3. The Kier molecular flexibility index (Phi) is 7.23. The van der Waals surface area contributed by atoms with E-state index in [9.17, 15) is 9.59 Å². The van der Waals surface area contributed by atoms with Crippen LogP contribution in [0.25, 0.3) is 0 Å². The molecule has 2 aromatic rings. The summed E-state index contributed by atoms with van der Waals surface area (Å²) in [7, 11) is 4.09. The number of rotatable bonds is 5. The summed E-state index contributed by atoms with van der Waals surface area (Å²) in [5, 5.41) is 11.5. The van der Waals surface area contributed by atoms with E-state index in [-0.39, 0.29) is 11.7 Å². The highest BCUT2D eigenvalue weighted by Crippen LogP contribution is 2.31. The number of nitrogens with one attached hydrogen (secondary N) is 1. The fourth-order valence-corrected chi connectivity index (χ4v) is 4.77. The van der Waals surface area contributed by atoms with E-state index in [0.717, 1.165) is 30.6 Å². The van der Waals surface area contributed by atoms with Gasteiger partial charge in [-0.1, -0.05) is 18.8 Å². The van der Waals surface area contributed by atoms with Crippen molar-refractivity contribution in [2.24, 2.45) is 0 Å². The average Bonchev–Trinajstić information content (AvgIpc) is 3.33. The summed E-state index contributed by atoms with van der Waals surface area (Å²) in [6.07, 6.45) is 1.02. The van der Waals surface area contributed by atoms with Crippen LogP contribution in [0.2, 0.25) is 0 Å². The Balaban J connectivity index is 1.51. The van der Waals surface area contributed by atoms with Crippen molar-refractivity contribution in [2.45, 2.75) is 44.7 Å². The number of hydrogen-bond acceptors (Lipinski definition) is 4. The number of carboxylic acid groups (broad SMARTS) is 1. The molecule has 7 nitrogen and oxygen atoms in total. The van der Waals surface area contributed by atoms with Gasteiger partial charge in [0.15, 0.2) is 0 Å². The molecule has 2 atom stereocenters. The summed E-state index contributed by atoms with van der Waals surface area (Å²) < 4.78 is 15.1.